The van der Waals surface area contributed by atoms with Crippen LogP contribution in [0.15, 0.2) is 53.4 Å². The molecule has 23 heavy (non-hydrogen) atoms. The maximum absolute atomic E-state index is 12.5. The zero-order valence-corrected chi connectivity index (χ0v) is 14.7. The molecule has 0 aliphatic carbocycles. The standard InChI is InChI=1S/C17H18ClNO3S/c1-12(13-4-8-15(18)9-5-13)19(2)17(20)14-6-10-16(11-7-14)23(3,21)22/h4-12H,1-3H3. The number of carbonyl (C=O) groups is 1. The number of benzene rings is 2. The van der Waals surface area contributed by atoms with Gasteiger partial charge in [0, 0.05) is 23.9 Å². The lowest BCUT2D eigenvalue weighted by Gasteiger charge is -2.25. The van der Waals surface area contributed by atoms with Gasteiger partial charge in [0.15, 0.2) is 9.84 Å². The van der Waals surface area contributed by atoms with Crippen LogP contribution < -0.4 is 0 Å². The molecule has 0 spiro atoms. The van der Waals surface area contributed by atoms with Crippen molar-refractivity contribution in [2.24, 2.45) is 0 Å². The number of amides is 1. The van der Waals surface area contributed by atoms with Gasteiger partial charge in [-0.1, -0.05) is 23.7 Å². The van der Waals surface area contributed by atoms with Crippen molar-refractivity contribution in [3.05, 3.63) is 64.7 Å². The predicted octanol–water partition coefficient (Wildman–Crippen LogP) is 3.58. The number of carbonyl (C=O) groups excluding carboxylic acids is 1. The molecule has 2 aromatic rings. The molecule has 0 heterocycles. The van der Waals surface area contributed by atoms with Crippen molar-refractivity contribution in [1.29, 1.82) is 0 Å². The number of nitrogens with zero attached hydrogens (tertiary/aromatic N) is 1. The summed E-state index contributed by atoms with van der Waals surface area (Å²) in [6.45, 7) is 1.92. The highest BCUT2D eigenvalue weighted by molar-refractivity contribution is 7.90. The molecule has 2 rings (SSSR count). The zero-order valence-electron chi connectivity index (χ0n) is 13.2. The Morgan fingerprint density at radius 2 is 1.57 bits per heavy atom. The molecule has 1 atom stereocenters. The molecule has 2 aromatic carbocycles. The minimum Gasteiger partial charge on any atom is -0.335 e. The lowest BCUT2D eigenvalue weighted by Crippen LogP contribution is -2.29. The summed E-state index contributed by atoms with van der Waals surface area (Å²) in [5, 5.41) is 0.645. The molecule has 6 heteroatoms. The van der Waals surface area contributed by atoms with Gasteiger partial charge in [-0.05, 0) is 48.9 Å². The molecule has 0 N–H and O–H groups in total. The molecule has 0 radical (unpaired) electrons. The van der Waals surface area contributed by atoms with Crippen LogP contribution in [0.5, 0.6) is 0 Å². The van der Waals surface area contributed by atoms with Gasteiger partial charge >= 0.3 is 0 Å². The lowest BCUT2D eigenvalue weighted by molar-refractivity contribution is 0.0742. The van der Waals surface area contributed by atoms with Crippen molar-refractivity contribution in [1.82, 2.24) is 4.90 Å². The molecule has 0 aliphatic rings. The molecule has 0 aromatic heterocycles. The number of sulfone groups is 1. The topological polar surface area (TPSA) is 54.5 Å². The van der Waals surface area contributed by atoms with Gasteiger partial charge in [0.05, 0.1) is 10.9 Å². The van der Waals surface area contributed by atoms with E-state index in [-0.39, 0.29) is 16.8 Å². The van der Waals surface area contributed by atoms with Crippen molar-refractivity contribution in [3.8, 4) is 0 Å². The van der Waals surface area contributed by atoms with E-state index in [1.165, 1.54) is 24.3 Å². The quantitative estimate of drug-likeness (QED) is 0.846. The smallest absolute Gasteiger partial charge is 0.254 e. The summed E-state index contributed by atoms with van der Waals surface area (Å²) in [4.78, 5) is 14.3. The van der Waals surface area contributed by atoms with E-state index in [1.54, 1.807) is 24.1 Å². The van der Waals surface area contributed by atoms with Gasteiger partial charge in [-0.2, -0.15) is 0 Å². The summed E-state index contributed by atoms with van der Waals surface area (Å²) in [7, 11) is -1.55. The number of rotatable bonds is 4. The van der Waals surface area contributed by atoms with E-state index < -0.39 is 9.84 Å². The average Bonchev–Trinajstić information content (AvgIpc) is 2.53. The van der Waals surface area contributed by atoms with Crippen LogP contribution in [-0.4, -0.2) is 32.5 Å². The van der Waals surface area contributed by atoms with E-state index in [9.17, 15) is 13.2 Å². The maximum Gasteiger partial charge on any atom is 0.254 e. The Labute approximate surface area is 141 Å². The second-order valence-electron chi connectivity index (χ2n) is 5.44. The van der Waals surface area contributed by atoms with E-state index in [1.807, 2.05) is 19.1 Å². The van der Waals surface area contributed by atoms with E-state index in [4.69, 9.17) is 11.6 Å². The van der Waals surface area contributed by atoms with Gasteiger partial charge in [0.25, 0.3) is 5.91 Å². The zero-order chi connectivity index (χ0) is 17.2. The number of hydrogen-bond donors (Lipinski definition) is 0. The van der Waals surface area contributed by atoms with Crippen molar-refractivity contribution >= 4 is 27.3 Å². The van der Waals surface area contributed by atoms with Crippen LogP contribution >= 0.6 is 11.6 Å². The van der Waals surface area contributed by atoms with E-state index in [0.29, 0.717) is 10.6 Å². The van der Waals surface area contributed by atoms with Gasteiger partial charge in [-0.3, -0.25) is 4.79 Å². The molecular weight excluding hydrogens is 334 g/mol. The van der Waals surface area contributed by atoms with Crippen molar-refractivity contribution in [3.63, 3.8) is 0 Å². The summed E-state index contributed by atoms with van der Waals surface area (Å²) < 4.78 is 22.9. The summed E-state index contributed by atoms with van der Waals surface area (Å²) in [5.74, 6) is -0.174. The van der Waals surface area contributed by atoms with E-state index >= 15 is 0 Å². The SMILES string of the molecule is CC(c1ccc(Cl)cc1)N(C)C(=O)c1ccc(S(C)(=O)=O)cc1. The summed E-state index contributed by atoms with van der Waals surface area (Å²) in [5.41, 5.74) is 1.42. The monoisotopic (exact) mass is 351 g/mol. The van der Waals surface area contributed by atoms with Crippen molar-refractivity contribution in [2.75, 3.05) is 13.3 Å². The van der Waals surface area contributed by atoms with Gasteiger partial charge in [-0.25, -0.2) is 8.42 Å². The molecular formula is C17H18ClNO3S. The highest BCUT2D eigenvalue weighted by Gasteiger charge is 2.19. The Bertz CT molecular complexity index is 799. The first-order valence-electron chi connectivity index (χ1n) is 7.03. The van der Waals surface area contributed by atoms with E-state index in [2.05, 4.69) is 0 Å². The highest BCUT2D eigenvalue weighted by Crippen LogP contribution is 2.22. The summed E-state index contributed by atoms with van der Waals surface area (Å²) in [6.07, 6.45) is 1.14. The Balaban J connectivity index is 2.20. The predicted molar refractivity (Wildman–Crippen MR) is 91.5 cm³/mol. The minimum absolute atomic E-state index is 0.130. The molecule has 0 saturated carbocycles. The molecule has 1 unspecified atom stereocenters. The van der Waals surface area contributed by atoms with Gasteiger partial charge in [-0.15, -0.1) is 0 Å². The van der Waals surface area contributed by atoms with Gasteiger partial charge in [0.2, 0.25) is 0 Å². The fourth-order valence-corrected chi connectivity index (χ4v) is 2.95. The molecule has 0 saturated heterocycles. The third-order valence-corrected chi connectivity index (χ3v) is 5.16. The van der Waals surface area contributed by atoms with Crippen LogP contribution in [0.4, 0.5) is 0 Å². The maximum atomic E-state index is 12.5. The van der Waals surface area contributed by atoms with Crippen molar-refractivity contribution < 1.29 is 13.2 Å². The first kappa shape index (κ1) is 17.5. The molecule has 0 fully saturated rings. The highest BCUT2D eigenvalue weighted by atomic mass is 35.5. The van der Waals surface area contributed by atoms with Crippen LogP contribution in [0.1, 0.15) is 28.9 Å². The fraction of sp³-hybridized carbons (Fsp3) is 0.235. The van der Waals surface area contributed by atoms with Crippen molar-refractivity contribution in [2.45, 2.75) is 17.9 Å². The van der Waals surface area contributed by atoms with Gasteiger partial charge in [0.1, 0.15) is 0 Å². The van der Waals surface area contributed by atoms with E-state index in [0.717, 1.165) is 11.8 Å². The van der Waals surface area contributed by atoms with Gasteiger partial charge < -0.3 is 4.90 Å². The van der Waals surface area contributed by atoms with Crippen LogP contribution in [0.2, 0.25) is 5.02 Å². The number of hydrogen-bond acceptors (Lipinski definition) is 3. The number of halogens is 1. The van der Waals surface area contributed by atoms with Crippen LogP contribution in [0, 0.1) is 0 Å². The molecule has 4 nitrogen and oxygen atoms in total. The Morgan fingerprint density at radius 3 is 2.04 bits per heavy atom. The summed E-state index contributed by atoms with van der Waals surface area (Å²) in [6, 6.07) is 13.2. The Morgan fingerprint density at radius 1 is 1.04 bits per heavy atom. The second-order valence-corrected chi connectivity index (χ2v) is 7.89. The normalized spacial score (nSPS) is 12.7. The third kappa shape index (κ3) is 4.12. The summed E-state index contributed by atoms with van der Waals surface area (Å²) >= 11 is 5.88. The first-order valence-corrected chi connectivity index (χ1v) is 9.30. The second kappa shape index (κ2) is 6.72. The Kier molecular flexibility index (Phi) is 5.12. The molecule has 1 amide bonds. The van der Waals surface area contributed by atoms with Crippen LogP contribution in [0.3, 0.4) is 0 Å². The lowest BCUT2D eigenvalue weighted by atomic mass is 10.1. The third-order valence-electron chi connectivity index (χ3n) is 3.78. The Hall–Kier alpha value is -1.85. The first-order chi connectivity index (χ1) is 10.7. The fourth-order valence-electron chi connectivity index (χ4n) is 2.19. The average molecular weight is 352 g/mol. The van der Waals surface area contributed by atoms with Crippen LogP contribution in [0.25, 0.3) is 0 Å². The largest absolute Gasteiger partial charge is 0.335 e. The van der Waals surface area contributed by atoms with Crippen LogP contribution in [-0.2, 0) is 9.84 Å². The molecule has 0 bridgehead atoms. The minimum atomic E-state index is -3.27. The molecule has 122 valence electrons. The molecule has 0 aliphatic heterocycles.